The number of rotatable bonds is 3. The number of aromatic nitrogens is 3. The van der Waals surface area contributed by atoms with Crippen molar-refractivity contribution in [3.8, 4) is 0 Å². The van der Waals surface area contributed by atoms with E-state index in [0.717, 1.165) is 5.69 Å². The molecule has 0 bridgehead atoms. The van der Waals surface area contributed by atoms with Crippen LogP contribution in [0.4, 0.5) is 0 Å². The lowest BCUT2D eigenvalue weighted by molar-refractivity contribution is -0.122. The van der Waals surface area contributed by atoms with Gasteiger partial charge in [-0.2, -0.15) is 5.10 Å². The quantitative estimate of drug-likeness (QED) is 0.795. The monoisotopic (exact) mass is 233 g/mol. The molecule has 0 amide bonds. The Balaban J connectivity index is 2.46. The minimum absolute atomic E-state index is 0.0488. The van der Waals surface area contributed by atoms with Crippen LogP contribution in [0.3, 0.4) is 0 Å². The minimum Gasteiger partial charge on any atom is -0.305 e. The lowest BCUT2D eigenvalue weighted by atomic mass is 10.1. The number of hydrogen-bond donors (Lipinski definition) is 0. The number of hydrogen-bond acceptors (Lipinski definition) is 3. The summed E-state index contributed by atoms with van der Waals surface area (Å²) in [6, 6.07) is 1.72. The number of nitrogens with zero attached hydrogens (tertiary/aromatic N) is 3. The lowest BCUT2D eigenvalue weighted by Crippen LogP contribution is -2.26. The van der Waals surface area contributed by atoms with Crippen molar-refractivity contribution in [2.75, 3.05) is 0 Å². The molecule has 0 saturated carbocycles. The van der Waals surface area contributed by atoms with Crippen molar-refractivity contribution in [3.63, 3.8) is 0 Å². The van der Waals surface area contributed by atoms with E-state index in [1.807, 2.05) is 20.8 Å². The highest BCUT2D eigenvalue weighted by Crippen LogP contribution is 2.01. The predicted molar refractivity (Wildman–Crippen MR) is 64.0 cm³/mol. The van der Waals surface area contributed by atoms with Crippen LogP contribution in [0, 0.1) is 12.8 Å². The molecule has 0 aliphatic rings. The maximum atomic E-state index is 12.0. The van der Waals surface area contributed by atoms with Gasteiger partial charge in [-0.15, -0.1) is 0 Å². The van der Waals surface area contributed by atoms with Gasteiger partial charge in [0.05, 0.1) is 12.2 Å². The third kappa shape index (κ3) is 2.13. The number of ketones is 1. The molecule has 2 rings (SSSR count). The molecule has 0 aliphatic carbocycles. The second-order valence-electron chi connectivity index (χ2n) is 4.47. The molecule has 2 aromatic heterocycles. The number of Topliss-reactive ketones (excluding diaryl/α,β-unsaturated/α-hetero) is 1. The van der Waals surface area contributed by atoms with Gasteiger partial charge in [-0.25, -0.2) is 4.52 Å². The van der Waals surface area contributed by atoms with Crippen LogP contribution in [0.15, 0.2) is 23.3 Å². The molecular formula is C12H15N3O2. The van der Waals surface area contributed by atoms with Crippen LogP contribution in [0.2, 0.25) is 0 Å². The first-order valence-electron chi connectivity index (χ1n) is 5.57. The topological polar surface area (TPSA) is 56.4 Å². The summed E-state index contributed by atoms with van der Waals surface area (Å²) in [6.07, 6.45) is 3.29. The SMILES string of the molecule is Cc1cc2c(=O)n(CC(=O)C(C)C)ccn2n1. The van der Waals surface area contributed by atoms with Gasteiger partial charge >= 0.3 is 0 Å². The van der Waals surface area contributed by atoms with Crippen LogP contribution in [0.5, 0.6) is 0 Å². The highest BCUT2D eigenvalue weighted by atomic mass is 16.1. The summed E-state index contributed by atoms with van der Waals surface area (Å²) in [5.41, 5.74) is 1.11. The molecule has 2 heterocycles. The zero-order valence-corrected chi connectivity index (χ0v) is 10.2. The summed E-state index contributed by atoms with van der Waals surface area (Å²) in [7, 11) is 0. The number of carbonyl (C=O) groups is 1. The van der Waals surface area contributed by atoms with Gasteiger partial charge in [0.2, 0.25) is 0 Å². The molecule has 0 spiro atoms. The lowest BCUT2D eigenvalue weighted by Gasteiger charge is -2.07. The van der Waals surface area contributed by atoms with Gasteiger partial charge < -0.3 is 4.57 Å². The van der Waals surface area contributed by atoms with Crippen LogP contribution in [-0.4, -0.2) is 20.0 Å². The zero-order chi connectivity index (χ0) is 12.6. The third-order valence-corrected chi connectivity index (χ3v) is 2.70. The molecule has 0 unspecified atom stereocenters. The van der Waals surface area contributed by atoms with Gasteiger partial charge in [-0.1, -0.05) is 13.8 Å². The van der Waals surface area contributed by atoms with Gasteiger partial charge in [0.15, 0.2) is 5.78 Å². The Kier molecular flexibility index (Phi) is 2.83. The van der Waals surface area contributed by atoms with E-state index in [4.69, 9.17) is 0 Å². The highest BCUT2D eigenvalue weighted by molar-refractivity contribution is 5.80. The fourth-order valence-corrected chi connectivity index (χ4v) is 1.62. The molecule has 0 saturated heterocycles. The summed E-state index contributed by atoms with van der Waals surface area (Å²) in [5.74, 6) is -0.0162. The van der Waals surface area contributed by atoms with Crippen molar-refractivity contribution in [2.24, 2.45) is 5.92 Å². The second kappa shape index (κ2) is 4.16. The summed E-state index contributed by atoms with van der Waals surface area (Å²) in [5, 5.41) is 4.15. The van der Waals surface area contributed by atoms with E-state index in [1.165, 1.54) is 9.08 Å². The van der Waals surface area contributed by atoms with Crippen molar-refractivity contribution in [1.29, 1.82) is 0 Å². The van der Waals surface area contributed by atoms with Gasteiger partial charge in [0.1, 0.15) is 5.52 Å². The maximum absolute atomic E-state index is 12.0. The maximum Gasteiger partial charge on any atom is 0.276 e. The smallest absolute Gasteiger partial charge is 0.276 e. The van der Waals surface area contributed by atoms with E-state index >= 15 is 0 Å². The fourth-order valence-electron chi connectivity index (χ4n) is 1.62. The standard InChI is InChI=1S/C12H15N3O2/c1-8(2)11(16)7-14-4-5-15-10(12(14)17)6-9(3)13-15/h4-6,8H,7H2,1-3H3. The highest BCUT2D eigenvalue weighted by Gasteiger charge is 2.11. The number of fused-ring (bicyclic) bond motifs is 1. The van der Waals surface area contributed by atoms with Crippen molar-refractivity contribution in [1.82, 2.24) is 14.2 Å². The van der Waals surface area contributed by atoms with Crippen molar-refractivity contribution in [3.05, 3.63) is 34.5 Å². The van der Waals surface area contributed by atoms with Crippen LogP contribution >= 0.6 is 0 Å². The van der Waals surface area contributed by atoms with E-state index in [-0.39, 0.29) is 23.8 Å². The first-order valence-corrected chi connectivity index (χ1v) is 5.57. The third-order valence-electron chi connectivity index (χ3n) is 2.70. The van der Waals surface area contributed by atoms with E-state index in [9.17, 15) is 9.59 Å². The normalized spacial score (nSPS) is 11.3. The first-order chi connectivity index (χ1) is 7.99. The van der Waals surface area contributed by atoms with Crippen LogP contribution < -0.4 is 5.56 Å². The van der Waals surface area contributed by atoms with Crippen LogP contribution in [-0.2, 0) is 11.3 Å². The average Bonchev–Trinajstić information content (AvgIpc) is 2.63. The molecule has 90 valence electrons. The Bertz CT molecular complexity index is 622. The number of carbonyl (C=O) groups excluding carboxylic acids is 1. The molecule has 0 N–H and O–H groups in total. The summed E-state index contributed by atoms with van der Waals surface area (Å²) < 4.78 is 2.97. The molecule has 0 fully saturated rings. The van der Waals surface area contributed by atoms with Crippen LogP contribution in [0.1, 0.15) is 19.5 Å². The summed E-state index contributed by atoms with van der Waals surface area (Å²) in [4.78, 5) is 23.7. The van der Waals surface area contributed by atoms with E-state index in [0.29, 0.717) is 5.52 Å². The first kappa shape index (κ1) is 11.6. The predicted octanol–water partition coefficient (Wildman–Crippen LogP) is 1.03. The fraction of sp³-hybridized carbons (Fsp3) is 0.417. The molecule has 0 aliphatic heterocycles. The number of aryl methyl sites for hydroxylation is 1. The minimum atomic E-state index is -0.179. The van der Waals surface area contributed by atoms with Gasteiger partial charge in [0.25, 0.3) is 5.56 Å². The van der Waals surface area contributed by atoms with Gasteiger partial charge in [-0.05, 0) is 13.0 Å². The van der Waals surface area contributed by atoms with Crippen LogP contribution in [0.25, 0.3) is 5.52 Å². The molecule has 2 aromatic rings. The van der Waals surface area contributed by atoms with Gasteiger partial charge in [-0.3, -0.25) is 9.59 Å². The molecule has 0 atom stereocenters. The Labute approximate surface area is 98.7 Å². The molecular weight excluding hydrogens is 218 g/mol. The van der Waals surface area contributed by atoms with Gasteiger partial charge in [0, 0.05) is 18.3 Å². The van der Waals surface area contributed by atoms with E-state index in [2.05, 4.69) is 5.10 Å². The van der Waals surface area contributed by atoms with Crippen molar-refractivity contribution < 1.29 is 4.79 Å². The average molecular weight is 233 g/mol. The summed E-state index contributed by atoms with van der Waals surface area (Å²) in [6.45, 7) is 5.61. The second-order valence-corrected chi connectivity index (χ2v) is 4.47. The Morgan fingerprint density at radius 3 is 2.76 bits per heavy atom. The van der Waals surface area contributed by atoms with Crippen molar-refractivity contribution in [2.45, 2.75) is 27.3 Å². The molecule has 0 aromatic carbocycles. The Morgan fingerprint density at radius 1 is 1.41 bits per heavy atom. The van der Waals surface area contributed by atoms with E-state index in [1.54, 1.807) is 18.5 Å². The molecule has 5 heteroatoms. The Hall–Kier alpha value is -1.91. The largest absolute Gasteiger partial charge is 0.305 e. The molecule has 0 radical (unpaired) electrons. The summed E-state index contributed by atoms with van der Waals surface area (Å²) >= 11 is 0. The van der Waals surface area contributed by atoms with Crippen molar-refractivity contribution >= 4 is 11.3 Å². The molecule has 5 nitrogen and oxygen atoms in total. The molecule has 17 heavy (non-hydrogen) atoms. The Morgan fingerprint density at radius 2 is 2.12 bits per heavy atom. The zero-order valence-electron chi connectivity index (χ0n) is 10.2. The van der Waals surface area contributed by atoms with E-state index < -0.39 is 0 Å².